The van der Waals surface area contributed by atoms with Crippen molar-refractivity contribution in [1.29, 1.82) is 0 Å². The third-order valence-corrected chi connectivity index (χ3v) is 12.1. The van der Waals surface area contributed by atoms with Gasteiger partial charge in [0.2, 0.25) is 23.6 Å². The minimum absolute atomic E-state index is 0.135. The van der Waals surface area contributed by atoms with E-state index in [1.807, 2.05) is 0 Å². The largest absolute Gasteiger partial charge is 0.356 e. The van der Waals surface area contributed by atoms with E-state index in [4.69, 9.17) is 0 Å². The van der Waals surface area contributed by atoms with Crippen LogP contribution in [0, 0.1) is 59.2 Å². The summed E-state index contributed by atoms with van der Waals surface area (Å²) >= 11 is 0. The lowest BCUT2D eigenvalue weighted by Gasteiger charge is -2.28. The molecule has 52 heavy (non-hydrogen) atoms. The lowest BCUT2D eigenvalue weighted by Crippen LogP contribution is -2.47. The van der Waals surface area contributed by atoms with Gasteiger partial charge in [-0.3, -0.25) is 19.2 Å². The summed E-state index contributed by atoms with van der Waals surface area (Å²) in [5.41, 5.74) is 0. The van der Waals surface area contributed by atoms with E-state index >= 15 is 0 Å². The molecular weight excluding hydrogens is 649 g/mol. The molecule has 4 N–H and O–H groups in total. The summed E-state index contributed by atoms with van der Waals surface area (Å²) in [5, 5.41) is 12.4. The average Bonchev–Trinajstić information content (AvgIpc) is 3.14. The van der Waals surface area contributed by atoms with Crippen LogP contribution >= 0.6 is 0 Å². The van der Waals surface area contributed by atoms with Crippen molar-refractivity contribution >= 4 is 23.6 Å². The number of carbonyl (C=O) groups excluding carboxylic acids is 4. The Morgan fingerprint density at radius 1 is 0.365 bits per heavy atom. The molecule has 0 bridgehead atoms. The molecule has 0 saturated heterocycles. The van der Waals surface area contributed by atoms with Gasteiger partial charge in [0.05, 0.1) is 11.8 Å². The normalized spacial score (nSPS) is 15.3. The predicted octanol–water partition coefficient (Wildman–Crippen LogP) is 9.31. The van der Waals surface area contributed by atoms with Crippen molar-refractivity contribution in [3.05, 3.63) is 0 Å². The van der Waals surface area contributed by atoms with Gasteiger partial charge in [-0.25, -0.2) is 0 Å². The number of nitrogens with one attached hydrogen (secondary N) is 4. The molecule has 0 fully saturated rings. The van der Waals surface area contributed by atoms with Crippen LogP contribution in [0.3, 0.4) is 0 Å². The van der Waals surface area contributed by atoms with E-state index in [1.165, 1.54) is 0 Å². The Balaban J connectivity index is 6.26. The highest BCUT2D eigenvalue weighted by Gasteiger charge is 2.37. The summed E-state index contributed by atoms with van der Waals surface area (Å²) in [4.78, 5) is 55.3. The summed E-state index contributed by atoms with van der Waals surface area (Å²) < 4.78 is 0. The van der Waals surface area contributed by atoms with Gasteiger partial charge in [-0.1, -0.05) is 134 Å². The van der Waals surface area contributed by atoms with Crippen molar-refractivity contribution in [3.8, 4) is 0 Å². The molecule has 8 heteroatoms. The monoisotopic (exact) mass is 735 g/mol. The molecule has 0 aromatic rings. The van der Waals surface area contributed by atoms with E-state index in [0.29, 0.717) is 61.7 Å². The van der Waals surface area contributed by atoms with Gasteiger partial charge in [0.15, 0.2) is 0 Å². The zero-order valence-corrected chi connectivity index (χ0v) is 36.1. The first kappa shape index (κ1) is 49.9. The van der Waals surface area contributed by atoms with Crippen LogP contribution in [0.15, 0.2) is 0 Å². The Morgan fingerprint density at radius 2 is 0.577 bits per heavy atom. The van der Waals surface area contributed by atoms with Crippen molar-refractivity contribution in [3.63, 3.8) is 0 Å². The molecule has 0 aromatic heterocycles. The maximum atomic E-state index is 14.1. The van der Waals surface area contributed by atoms with Crippen molar-refractivity contribution in [2.45, 2.75) is 173 Å². The topological polar surface area (TPSA) is 116 Å². The van der Waals surface area contributed by atoms with Crippen LogP contribution in [0.4, 0.5) is 0 Å². The molecule has 0 aliphatic rings. The van der Waals surface area contributed by atoms with Gasteiger partial charge in [-0.05, 0) is 73.0 Å². The molecule has 0 spiro atoms. The Hall–Kier alpha value is -2.12. The quantitative estimate of drug-likeness (QED) is 0.0568. The average molecular weight is 735 g/mol. The summed E-state index contributed by atoms with van der Waals surface area (Å²) in [5.74, 6) is 0.459. The van der Waals surface area contributed by atoms with Gasteiger partial charge in [0.1, 0.15) is 0 Å². The van der Waals surface area contributed by atoms with Crippen molar-refractivity contribution in [1.82, 2.24) is 21.3 Å². The highest BCUT2D eigenvalue weighted by Crippen LogP contribution is 2.25. The summed E-state index contributed by atoms with van der Waals surface area (Å²) in [6.45, 7) is 28.2. The molecule has 306 valence electrons. The molecule has 0 heterocycles. The maximum absolute atomic E-state index is 14.1. The minimum atomic E-state index is -0.961. The van der Waals surface area contributed by atoms with Gasteiger partial charge in [-0.2, -0.15) is 0 Å². The second-order valence-electron chi connectivity index (χ2n) is 16.8. The molecule has 0 aromatic carbocycles. The van der Waals surface area contributed by atoms with Crippen molar-refractivity contribution < 1.29 is 19.2 Å². The van der Waals surface area contributed by atoms with E-state index in [0.717, 1.165) is 77.0 Å². The predicted molar refractivity (Wildman–Crippen MR) is 220 cm³/mol. The van der Waals surface area contributed by atoms with Crippen LogP contribution in [0.25, 0.3) is 0 Å². The number of hydrogen-bond acceptors (Lipinski definition) is 4. The Kier molecular flexibility index (Phi) is 28.1. The van der Waals surface area contributed by atoms with Crippen LogP contribution in [-0.2, 0) is 19.2 Å². The number of carbonyl (C=O) groups is 4. The van der Waals surface area contributed by atoms with Crippen LogP contribution in [0.5, 0.6) is 0 Å². The van der Waals surface area contributed by atoms with Gasteiger partial charge >= 0.3 is 0 Å². The molecule has 6 atom stereocenters. The number of rotatable bonds is 31. The van der Waals surface area contributed by atoms with E-state index in [2.05, 4.69) is 104 Å². The first-order valence-electron chi connectivity index (χ1n) is 21.8. The van der Waals surface area contributed by atoms with Crippen LogP contribution in [0.1, 0.15) is 173 Å². The lowest BCUT2D eigenvalue weighted by molar-refractivity contribution is -0.140. The Labute approximate surface area is 321 Å². The van der Waals surface area contributed by atoms with E-state index in [1.54, 1.807) is 0 Å². The molecule has 0 radical (unpaired) electrons. The van der Waals surface area contributed by atoms with Gasteiger partial charge in [0.25, 0.3) is 0 Å². The first-order valence-corrected chi connectivity index (χ1v) is 21.8. The Bertz CT molecular complexity index is 882. The molecule has 0 rings (SSSR count). The molecular formula is C44H86N4O4. The van der Waals surface area contributed by atoms with E-state index < -0.39 is 11.8 Å². The van der Waals surface area contributed by atoms with E-state index in [-0.39, 0.29) is 48.3 Å². The summed E-state index contributed by atoms with van der Waals surface area (Å²) in [6, 6.07) is 0. The summed E-state index contributed by atoms with van der Waals surface area (Å²) in [7, 11) is 0. The zero-order chi connectivity index (χ0) is 39.6. The molecule has 6 unspecified atom stereocenters. The fourth-order valence-corrected chi connectivity index (χ4v) is 7.86. The Morgan fingerprint density at radius 3 is 0.788 bits per heavy atom. The molecule has 0 saturated carbocycles. The second-order valence-corrected chi connectivity index (χ2v) is 16.8. The van der Waals surface area contributed by atoms with Crippen molar-refractivity contribution in [2.75, 3.05) is 26.2 Å². The number of hydrogen-bond donors (Lipinski definition) is 4. The van der Waals surface area contributed by atoms with Crippen LogP contribution in [-0.4, -0.2) is 49.8 Å². The van der Waals surface area contributed by atoms with Gasteiger partial charge in [0, 0.05) is 39.0 Å². The highest BCUT2D eigenvalue weighted by molar-refractivity contribution is 5.93. The molecule has 8 nitrogen and oxygen atoms in total. The fourth-order valence-electron chi connectivity index (χ4n) is 7.86. The summed E-state index contributed by atoms with van der Waals surface area (Å²) in [6.07, 6.45) is 12.6. The smallest absolute Gasteiger partial charge is 0.224 e. The maximum Gasteiger partial charge on any atom is 0.224 e. The fraction of sp³-hybridized carbons (Fsp3) is 0.909. The third-order valence-electron chi connectivity index (χ3n) is 12.1. The minimum Gasteiger partial charge on any atom is -0.356 e. The van der Waals surface area contributed by atoms with Crippen LogP contribution in [0.2, 0.25) is 0 Å². The third kappa shape index (κ3) is 21.5. The van der Waals surface area contributed by atoms with Crippen molar-refractivity contribution in [2.24, 2.45) is 59.2 Å². The lowest BCUT2D eigenvalue weighted by atomic mass is 9.83. The molecule has 0 aliphatic heterocycles. The molecule has 0 aliphatic carbocycles. The van der Waals surface area contributed by atoms with Crippen LogP contribution < -0.4 is 21.3 Å². The SMILES string of the molecule is CCC(CC)CC(C)CNC(=O)CC(C(=O)NCC(C)CC(CC)CC)C(CC(=O)NCC(C)CC(CC)CC)C(=O)NCC(C)CC(CC)CC. The second kappa shape index (κ2) is 29.3. The first-order chi connectivity index (χ1) is 24.7. The zero-order valence-electron chi connectivity index (χ0n) is 36.1. The number of amides is 4. The van der Waals surface area contributed by atoms with E-state index in [9.17, 15) is 19.2 Å². The standard InChI is InChI=1S/C44H86N4O4/c1-13-35(14-2)21-31(9)27-45-41(49)25-39(43(51)47-29-33(11)23-37(17-5)18-6)40(44(52)48-30-34(12)24-38(19-7)20-8)26-42(50)46-28-32(10)22-36(15-3)16-4/h31-40H,13-30H2,1-12H3,(H,45,49)(H,46,50)(H,47,51)(H,48,52). The highest BCUT2D eigenvalue weighted by atomic mass is 16.2. The van der Waals surface area contributed by atoms with Gasteiger partial charge < -0.3 is 21.3 Å². The van der Waals surface area contributed by atoms with Gasteiger partial charge in [-0.15, -0.1) is 0 Å². The molecule has 4 amide bonds.